The smallest absolute Gasteiger partial charge is 0.0340 e. The lowest BCUT2D eigenvalue weighted by Gasteiger charge is -2.06. The molecular formula is C13H19N. The molecule has 1 nitrogen and oxygen atoms in total. The first kappa shape index (κ1) is 12.5. The lowest BCUT2D eigenvalue weighted by Crippen LogP contribution is -2.08. The van der Waals surface area contributed by atoms with E-state index in [9.17, 15) is 0 Å². The highest BCUT2D eigenvalue weighted by atomic mass is 14.9. The Hall–Kier alpha value is -1.50. The van der Waals surface area contributed by atoms with Crippen molar-refractivity contribution < 1.29 is 0 Å². The van der Waals surface area contributed by atoms with E-state index in [0.717, 1.165) is 11.4 Å². The fourth-order valence-corrected chi connectivity index (χ4v) is 0.914. The molecule has 0 rings (SSSR count). The second-order valence-electron chi connectivity index (χ2n) is 3.21. The van der Waals surface area contributed by atoms with E-state index < -0.39 is 0 Å². The van der Waals surface area contributed by atoms with Crippen molar-refractivity contribution in [2.24, 2.45) is 0 Å². The molecule has 0 aromatic rings. The molecular weight excluding hydrogens is 170 g/mol. The maximum Gasteiger partial charge on any atom is 0.0340 e. The molecule has 0 spiro atoms. The van der Waals surface area contributed by atoms with Crippen LogP contribution in [0.15, 0.2) is 60.5 Å². The van der Waals surface area contributed by atoms with Crippen LogP contribution in [0.2, 0.25) is 0 Å². The topological polar surface area (TPSA) is 12.0 Å². The van der Waals surface area contributed by atoms with Crippen LogP contribution in [0.5, 0.6) is 0 Å². The van der Waals surface area contributed by atoms with E-state index in [1.807, 2.05) is 25.2 Å². The first-order chi connectivity index (χ1) is 6.60. The van der Waals surface area contributed by atoms with Gasteiger partial charge in [0.2, 0.25) is 0 Å². The SMILES string of the molecule is C=C/C=C\C(=C)N/C(C=C(C)C)=C/C. The van der Waals surface area contributed by atoms with Crippen molar-refractivity contribution in [2.75, 3.05) is 0 Å². The summed E-state index contributed by atoms with van der Waals surface area (Å²) in [6.45, 7) is 13.6. The van der Waals surface area contributed by atoms with E-state index in [0.29, 0.717) is 0 Å². The van der Waals surface area contributed by atoms with Crippen LogP contribution in [0.4, 0.5) is 0 Å². The van der Waals surface area contributed by atoms with Gasteiger partial charge in [0.15, 0.2) is 0 Å². The van der Waals surface area contributed by atoms with E-state index in [2.05, 4.69) is 38.4 Å². The van der Waals surface area contributed by atoms with Crippen LogP contribution in [0, 0.1) is 0 Å². The fourth-order valence-electron chi connectivity index (χ4n) is 0.914. The summed E-state index contributed by atoms with van der Waals surface area (Å²) in [4.78, 5) is 0. The third kappa shape index (κ3) is 6.06. The summed E-state index contributed by atoms with van der Waals surface area (Å²) >= 11 is 0. The van der Waals surface area contributed by atoms with Gasteiger partial charge in [-0.05, 0) is 32.9 Å². The molecule has 0 aromatic heterocycles. The summed E-state index contributed by atoms with van der Waals surface area (Å²) in [5.41, 5.74) is 3.17. The van der Waals surface area contributed by atoms with Gasteiger partial charge in [0.1, 0.15) is 0 Å². The van der Waals surface area contributed by atoms with Crippen LogP contribution in [0.3, 0.4) is 0 Å². The first-order valence-corrected chi connectivity index (χ1v) is 4.66. The first-order valence-electron chi connectivity index (χ1n) is 4.66. The summed E-state index contributed by atoms with van der Waals surface area (Å²) in [7, 11) is 0. The third-order valence-corrected chi connectivity index (χ3v) is 1.49. The molecule has 0 saturated heterocycles. The fraction of sp³-hybridized carbons (Fsp3) is 0.231. The summed E-state index contributed by atoms with van der Waals surface area (Å²) in [6.07, 6.45) is 9.55. The Morgan fingerprint density at radius 2 is 1.93 bits per heavy atom. The molecule has 0 aliphatic rings. The van der Waals surface area contributed by atoms with Gasteiger partial charge in [0.05, 0.1) is 0 Å². The standard InChI is InChI=1S/C13H19N/c1-6-8-9-12(5)14-13(7-2)10-11(3)4/h6-10,14H,1,5H2,2-4H3/b9-8-,13-7+. The monoisotopic (exact) mass is 189 g/mol. The van der Waals surface area contributed by atoms with Crippen molar-refractivity contribution in [3.63, 3.8) is 0 Å². The van der Waals surface area contributed by atoms with E-state index >= 15 is 0 Å². The number of hydrogen-bond acceptors (Lipinski definition) is 1. The van der Waals surface area contributed by atoms with Crippen LogP contribution in [0.1, 0.15) is 20.8 Å². The van der Waals surface area contributed by atoms with Crippen molar-refractivity contribution in [3.8, 4) is 0 Å². The zero-order valence-electron chi connectivity index (χ0n) is 9.30. The van der Waals surface area contributed by atoms with Crippen molar-refractivity contribution >= 4 is 0 Å². The van der Waals surface area contributed by atoms with Gasteiger partial charge in [-0.3, -0.25) is 0 Å². The molecule has 0 aliphatic heterocycles. The van der Waals surface area contributed by atoms with Gasteiger partial charge < -0.3 is 5.32 Å². The van der Waals surface area contributed by atoms with Gasteiger partial charge in [-0.1, -0.05) is 37.0 Å². The number of allylic oxidation sites excluding steroid dienone is 6. The minimum atomic E-state index is 0.857. The van der Waals surface area contributed by atoms with Crippen LogP contribution < -0.4 is 5.32 Å². The average molecular weight is 189 g/mol. The molecule has 0 aliphatic carbocycles. The summed E-state index contributed by atoms with van der Waals surface area (Å²) in [6, 6.07) is 0. The predicted molar refractivity (Wildman–Crippen MR) is 64.8 cm³/mol. The molecule has 1 N–H and O–H groups in total. The van der Waals surface area contributed by atoms with Crippen LogP contribution in [-0.4, -0.2) is 0 Å². The Morgan fingerprint density at radius 3 is 2.36 bits per heavy atom. The van der Waals surface area contributed by atoms with Crippen LogP contribution in [-0.2, 0) is 0 Å². The number of hydrogen-bond donors (Lipinski definition) is 1. The largest absolute Gasteiger partial charge is 0.356 e. The zero-order chi connectivity index (χ0) is 11.0. The van der Waals surface area contributed by atoms with Crippen LogP contribution in [0.25, 0.3) is 0 Å². The van der Waals surface area contributed by atoms with E-state index in [4.69, 9.17) is 0 Å². The molecule has 1 heteroatoms. The van der Waals surface area contributed by atoms with Gasteiger partial charge in [-0.25, -0.2) is 0 Å². The molecule has 0 heterocycles. The summed E-state index contributed by atoms with van der Waals surface area (Å²) in [5, 5.41) is 3.19. The Morgan fingerprint density at radius 1 is 1.29 bits per heavy atom. The lowest BCUT2D eigenvalue weighted by molar-refractivity contribution is 1.04. The maximum absolute atomic E-state index is 3.87. The second-order valence-corrected chi connectivity index (χ2v) is 3.21. The number of nitrogens with one attached hydrogen (secondary N) is 1. The van der Waals surface area contributed by atoms with Gasteiger partial charge in [-0.2, -0.15) is 0 Å². The quantitative estimate of drug-likeness (QED) is 0.650. The Kier molecular flexibility index (Phi) is 6.21. The van der Waals surface area contributed by atoms with Crippen molar-refractivity contribution in [1.82, 2.24) is 5.32 Å². The zero-order valence-corrected chi connectivity index (χ0v) is 9.30. The molecule has 0 atom stereocenters. The molecule has 0 radical (unpaired) electrons. The maximum atomic E-state index is 3.87. The highest BCUT2D eigenvalue weighted by molar-refractivity contribution is 5.27. The second kappa shape index (κ2) is 6.96. The third-order valence-electron chi connectivity index (χ3n) is 1.49. The Labute approximate surface area is 87.2 Å². The molecule has 0 amide bonds. The average Bonchev–Trinajstić information content (AvgIpc) is 2.12. The van der Waals surface area contributed by atoms with Crippen LogP contribution >= 0.6 is 0 Å². The Bertz CT molecular complexity index is 286. The normalized spacial score (nSPS) is 11.2. The Balaban J connectivity index is 4.35. The van der Waals surface area contributed by atoms with Gasteiger partial charge in [0, 0.05) is 11.4 Å². The highest BCUT2D eigenvalue weighted by Gasteiger charge is 1.91. The highest BCUT2D eigenvalue weighted by Crippen LogP contribution is 2.01. The summed E-state index contributed by atoms with van der Waals surface area (Å²) in [5.74, 6) is 0. The molecule has 14 heavy (non-hydrogen) atoms. The van der Waals surface area contributed by atoms with E-state index in [-0.39, 0.29) is 0 Å². The van der Waals surface area contributed by atoms with Crippen molar-refractivity contribution in [3.05, 3.63) is 60.5 Å². The molecule has 0 unspecified atom stereocenters. The van der Waals surface area contributed by atoms with E-state index in [1.54, 1.807) is 6.08 Å². The predicted octanol–water partition coefficient (Wildman–Crippen LogP) is 3.70. The minimum Gasteiger partial charge on any atom is -0.356 e. The van der Waals surface area contributed by atoms with E-state index in [1.165, 1.54) is 5.57 Å². The van der Waals surface area contributed by atoms with Gasteiger partial charge in [0.25, 0.3) is 0 Å². The molecule has 0 saturated carbocycles. The molecule has 0 fully saturated rings. The lowest BCUT2D eigenvalue weighted by atomic mass is 10.2. The van der Waals surface area contributed by atoms with Gasteiger partial charge in [-0.15, -0.1) is 0 Å². The summed E-state index contributed by atoms with van der Waals surface area (Å²) < 4.78 is 0. The van der Waals surface area contributed by atoms with Gasteiger partial charge >= 0.3 is 0 Å². The molecule has 0 bridgehead atoms. The number of rotatable bonds is 5. The molecule has 0 aromatic carbocycles. The molecule has 76 valence electrons. The van der Waals surface area contributed by atoms with Crippen molar-refractivity contribution in [2.45, 2.75) is 20.8 Å². The minimum absolute atomic E-state index is 0.857. The van der Waals surface area contributed by atoms with Crippen molar-refractivity contribution in [1.29, 1.82) is 0 Å².